The number of rotatable bonds is 9. The molecule has 5 aromatic rings. The molecule has 0 aliphatic carbocycles. The molecule has 1 aliphatic heterocycles. The van der Waals surface area contributed by atoms with Crippen molar-refractivity contribution in [1.82, 2.24) is 9.13 Å². The fourth-order valence-corrected chi connectivity index (χ4v) is 7.86. The van der Waals surface area contributed by atoms with E-state index >= 15 is 0 Å². The molecule has 1 aliphatic rings. The summed E-state index contributed by atoms with van der Waals surface area (Å²) in [6, 6.07) is 21.5. The predicted molar refractivity (Wildman–Crippen MR) is 190 cm³/mol. The van der Waals surface area contributed by atoms with Crippen LogP contribution in [-0.4, -0.2) is 28.8 Å². The molecule has 0 radical (unpaired) electrons. The molecule has 1 atom stereocenters. The van der Waals surface area contributed by atoms with E-state index in [9.17, 15) is 9.59 Å². The molecule has 0 N–H and O–H groups in total. The molecular formula is C36H33Br2N3O4S. The second kappa shape index (κ2) is 13.6. The summed E-state index contributed by atoms with van der Waals surface area (Å²) in [7, 11) is 1.60. The van der Waals surface area contributed by atoms with Gasteiger partial charge in [-0.2, -0.15) is 0 Å². The Morgan fingerprint density at radius 3 is 2.52 bits per heavy atom. The highest BCUT2D eigenvalue weighted by Gasteiger charge is 2.34. The Balaban J connectivity index is 1.57. The average molecular weight is 764 g/mol. The number of hydrogen-bond donors (Lipinski definition) is 0. The quantitative estimate of drug-likeness (QED) is 0.147. The maximum atomic E-state index is 14.4. The molecule has 0 fully saturated rings. The van der Waals surface area contributed by atoms with Gasteiger partial charge in [-0.3, -0.25) is 9.36 Å². The van der Waals surface area contributed by atoms with Gasteiger partial charge in [0.15, 0.2) is 4.80 Å². The number of carbonyl (C=O) groups is 1. The summed E-state index contributed by atoms with van der Waals surface area (Å²) in [5.74, 6) is 0.189. The fraction of sp³-hybridized carbons (Fsp3) is 0.250. The molecule has 0 spiro atoms. The third kappa shape index (κ3) is 5.94. The molecule has 2 aromatic heterocycles. The van der Waals surface area contributed by atoms with Crippen LogP contribution in [0.5, 0.6) is 5.75 Å². The van der Waals surface area contributed by atoms with Crippen molar-refractivity contribution < 1.29 is 14.3 Å². The highest BCUT2D eigenvalue weighted by Crippen LogP contribution is 2.36. The lowest BCUT2D eigenvalue weighted by Gasteiger charge is -2.26. The van der Waals surface area contributed by atoms with E-state index in [1.165, 1.54) is 16.9 Å². The monoisotopic (exact) mass is 761 g/mol. The van der Waals surface area contributed by atoms with Gasteiger partial charge >= 0.3 is 5.97 Å². The zero-order valence-corrected chi connectivity index (χ0v) is 30.0. The van der Waals surface area contributed by atoms with E-state index in [2.05, 4.69) is 67.6 Å². The van der Waals surface area contributed by atoms with Crippen molar-refractivity contribution in [3.8, 4) is 5.75 Å². The molecule has 0 unspecified atom stereocenters. The van der Waals surface area contributed by atoms with E-state index in [0.717, 1.165) is 43.1 Å². The van der Waals surface area contributed by atoms with Gasteiger partial charge in [0.1, 0.15) is 5.75 Å². The minimum absolute atomic E-state index is 0.206. The van der Waals surface area contributed by atoms with Gasteiger partial charge in [0.2, 0.25) is 0 Å². The molecule has 0 amide bonds. The largest absolute Gasteiger partial charge is 0.496 e. The first-order valence-electron chi connectivity index (χ1n) is 15.1. The van der Waals surface area contributed by atoms with Crippen LogP contribution in [0, 0.1) is 6.92 Å². The first-order chi connectivity index (χ1) is 22.2. The first-order valence-corrected chi connectivity index (χ1v) is 17.5. The summed E-state index contributed by atoms with van der Waals surface area (Å²) in [6.45, 7) is 6.84. The third-order valence-electron chi connectivity index (χ3n) is 8.19. The maximum absolute atomic E-state index is 14.4. The minimum Gasteiger partial charge on any atom is -0.496 e. The molecule has 0 saturated heterocycles. The number of hydrogen-bond acceptors (Lipinski definition) is 6. The molecule has 7 nitrogen and oxygen atoms in total. The molecule has 0 saturated carbocycles. The van der Waals surface area contributed by atoms with Gasteiger partial charge in [-0.1, -0.05) is 77.0 Å². The normalized spacial score (nSPS) is 14.8. The summed E-state index contributed by atoms with van der Waals surface area (Å²) in [6.07, 6.45) is 3.34. The Morgan fingerprint density at radius 1 is 1.07 bits per heavy atom. The Morgan fingerprint density at radius 2 is 1.83 bits per heavy atom. The Bertz CT molecular complexity index is 2180. The predicted octanol–water partition coefficient (Wildman–Crippen LogP) is 7.42. The summed E-state index contributed by atoms with van der Waals surface area (Å²) in [5.41, 5.74) is 5.91. The number of ether oxygens (including phenoxy) is 2. The molecule has 46 heavy (non-hydrogen) atoms. The highest BCUT2D eigenvalue weighted by molar-refractivity contribution is 9.10. The van der Waals surface area contributed by atoms with Crippen molar-refractivity contribution in [3.63, 3.8) is 0 Å². The lowest BCUT2D eigenvalue weighted by Crippen LogP contribution is -2.40. The number of fused-ring (bicyclic) bond motifs is 2. The summed E-state index contributed by atoms with van der Waals surface area (Å²) >= 11 is 8.48. The summed E-state index contributed by atoms with van der Waals surface area (Å²) in [5, 5.41) is 1.07. The van der Waals surface area contributed by atoms with Gasteiger partial charge in [0, 0.05) is 33.2 Å². The molecule has 236 valence electrons. The Labute approximate surface area is 287 Å². The highest BCUT2D eigenvalue weighted by atomic mass is 79.9. The van der Waals surface area contributed by atoms with Gasteiger partial charge in [0.05, 0.1) is 40.0 Å². The molecule has 10 heteroatoms. The molecule has 6 rings (SSSR count). The average Bonchev–Trinajstić information content (AvgIpc) is 3.50. The standard InChI is InChI=1S/C36H33Br2N3O4S/c1-5-9-28-32(35(43)45-6-2)33(23-14-17-30(44-4)27(38)18-23)41-34(42)31(46-36(41)39-28)19-26-21(3)40(29-11-8-7-10-25(26)29)20-22-12-15-24(37)16-13-22/h7-8,10-19,33H,5-6,9,20H2,1-4H3/b31-19-/t33-/m1/s1. The van der Waals surface area contributed by atoms with Crippen LogP contribution in [0.3, 0.4) is 0 Å². The van der Waals surface area contributed by atoms with E-state index in [1.807, 2.05) is 55.5 Å². The summed E-state index contributed by atoms with van der Waals surface area (Å²) < 4.78 is 17.3. The van der Waals surface area contributed by atoms with Gasteiger partial charge in [0.25, 0.3) is 5.56 Å². The second-order valence-corrected chi connectivity index (χ2v) is 13.8. The summed E-state index contributed by atoms with van der Waals surface area (Å²) in [4.78, 5) is 33.5. The zero-order valence-electron chi connectivity index (χ0n) is 26.0. The van der Waals surface area contributed by atoms with E-state index in [1.54, 1.807) is 18.6 Å². The van der Waals surface area contributed by atoms with Crippen molar-refractivity contribution in [2.75, 3.05) is 13.7 Å². The van der Waals surface area contributed by atoms with Gasteiger partial charge < -0.3 is 14.0 Å². The number of para-hydroxylation sites is 1. The molecular weight excluding hydrogens is 730 g/mol. The number of aromatic nitrogens is 2. The second-order valence-electron chi connectivity index (χ2n) is 11.0. The lowest BCUT2D eigenvalue weighted by molar-refractivity contribution is -0.139. The Hall–Kier alpha value is -3.73. The number of nitrogens with zero attached hydrogens (tertiary/aromatic N) is 3. The van der Waals surface area contributed by atoms with Gasteiger partial charge in [-0.25, -0.2) is 9.79 Å². The first kappa shape index (κ1) is 32.2. The smallest absolute Gasteiger partial charge is 0.338 e. The Kier molecular flexibility index (Phi) is 9.49. The van der Waals surface area contributed by atoms with Gasteiger partial charge in [-0.05, 0) is 83.7 Å². The number of allylic oxidation sites excluding steroid dienone is 1. The van der Waals surface area contributed by atoms with Crippen molar-refractivity contribution in [3.05, 3.63) is 129 Å². The molecule has 0 bridgehead atoms. The molecule has 3 heterocycles. The number of carbonyl (C=O) groups excluding carboxylic acids is 1. The maximum Gasteiger partial charge on any atom is 0.338 e. The number of halogens is 2. The topological polar surface area (TPSA) is 74.8 Å². The van der Waals surface area contributed by atoms with Crippen molar-refractivity contribution >= 4 is 66.1 Å². The van der Waals surface area contributed by atoms with Crippen LogP contribution < -0.4 is 19.6 Å². The van der Waals surface area contributed by atoms with Crippen molar-refractivity contribution in [2.45, 2.75) is 46.2 Å². The van der Waals surface area contributed by atoms with Crippen LogP contribution in [0.2, 0.25) is 0 Å². The van der Waals surface area contributed by atoms with Crippen molar-refractivity contribution in [2.24, 2.45) is 4.99 Å². The SMILES string of the molecule is CCCC1=C(C(=O)OCC)[C@@H](c2ccc(OC)c(Br)c2)n2c(s/c(=C\c3c(C)n(Cc4ccc(Br)cc4)c4ccccc34)c2=O)=N1. The zero-order chi connectivity index (χ0) is 32.5. The van der Waals surface area contributed by atoms with Crippen LogP contribution in [0.25, 0.3) is 17.0 Å². The van der Waals surface area contributed by atoms with Gasteiger partial charge in [-0.15, -0.1) is 0 Å². The lowest BCUT2D eigenvalue weighted by atomic mass is 9.94. The van der Waals surface area contributed by atoms with Crippen LogP contribution in [0.15, 0.2) is 96.7 Å². The van der Waals surface area contributed by atoms with E-state index < -0.39 is 12.0 Å². The third-order valence-corrected chi connectivity index (χ3v) is 10.3. The van der Waals surface area contributed by atoms with Crippen molar-refractivity contribution in [1.29, 1.82) is 0 Å². The fourth-order valence-electron chi connectivity index (χ4n) is 6.04. The van der Waals surface area contributed by atoms with Crippen LogP contribution in [0.4, 0.5) is 0 Å². The number of thiazole rings is 1. The van der Waals surface area contributed by atoms with Crippen LogP contribution >= 0.6 is 43.2 Å². The molecule has 3 aromatic carbocycles. The van der Waals surface area contributed by atoms with Crippen LogP contribution in [0.1, 0.15) is 55.1 Å². The number of benzene rings is 3. The number of esters is 1. The van der Waals surface area contributed by atoms with Crippen LogP contribution in [-0.2, 0) is 16.1 Å². The van der Waals surface area contributed by atoms with E-state index in [-0.39, 0.29) is 12.2 Å². The van der Waals surface area contributed by atoms with E-state index in [0.29, 0.717) is 39.3 Å². The van der Waals surface area contributed by atoms with E-state index in [4.69, 9.17) is 14.5 Å². The number of methoxy groups -OCH3 is 1. The minimum atomic E-state index is -0.707.